The standard InChI is InChI=1S/C15H24O8/c1-5-13(6-2,9(16)17)15(8-4,12(22)23)14(7-3,10(18)19)11(20)21/h5-8H2,1-4H3,(H,16,17)(H,18,19)(H,20,21)(H,22,23). The van der Waals surface area contributed by atoms with Gasteiger partial charge in [0.15, 0.2) is 5.41 Å². The van der Waals surface area contributed by atoms with E-state index in [2.05, 4.69) is 0 Å². The molecule has 0 aliphatic rings. The molecule has 0 rings (SSSR count). The molecule has 1 atom stereocenters. The minimum absolute atomic E-state index is 0.207. The molecule has 132 valence electrons. The minimum atomic E-state index is -2.75. The normalized spacial score (nSPS) is 14.8. The Bertz CT molecular complexity index is 492. The van der Waals surface area contributed by atoms with E-state index in [9.17, 15) is 39.6 Å². The SMILES string of the molecule is CCC(CC)(C(=O)O)C(CC)(C(=O)O)C(CC)(C(=O)O)C(=O)O. The maximum atomic E-state index is 12.1. The summed E-state index contributed by atoms with van der Waals surface area (Å²) in [6.45, 7) is 5.41. The lowest BCUT2D eigenvalue weighted by molar-refractivity contribution is -0.208. The smallest absolute Gasteiger partial charge is 0.322 e. The first-order valence-electron chi connectivity index (χ1n) is 7.45. The van der Waals surface area contributed by atoms with E-state index in [4.69, 9.17) is 0 Å². The summed E-state index contributed by atoms with van der Waals surface area (Å²) in [5.41, 5.74) is -7.28. The van der Waals surface area contributed by atoms with Gasteiger partial charge >= 0.3 is 23.9 Å². The summed E-state index contributed by atoms with van der Waals surface area (Å²) < 4.78 is 0. The average molecular weight is 332 g/mol. The van der Waals surface area contributed by atoms with Gasteiger partial charge in [0.25, 0.3) is 0 Å². The number of hydrogen-bond acceptors (Lipinski definition) is 4. The average Bonchev–Trinajstić information content (AvgIpc) is 2.46. The van der Waals surface area contributed by atoms with Crippen LogP contribution in [-0.4, -0.2) is 44.3 Å². The van der Waals surface area contributed by atoms with Crippen LogP contribution in [0.4, 0.5) is 0 Å². The molecule has 0 spiro atoms. The minimum Gasteiger partial charge on any atom is -0.481 e. The van der Waals surface area contributed by atoms with Crippen LogP contribution in [0.5, 0.6) is 0 Å². The summed E-state index contributed by atoms with van der Waals surface area (Å²) in [7, 11) is 0. The van der Waals surface area contributed by atoms with Crippen molar-refractivity contribution in [2.75, 3.05) is 0 Å². The summed E-state index contributed by atoms with van der Waals surface area (Å²) in [5, 5.41) is 38.8. The largest absolute Gasteiger partial charge is 0.481 e. The molecule has 0 saturated carbocycles. The molecule has 0 fully saturated rings. The van der Waals surface area contributed by atoms with Gasteiger partial charge in [-0.2, -0.15) is 0 Å². The van der Waals surface area contributed by atoms with E-state index in [1.165, 1.54) is 27.7 Å². The van der Waals surface area contributed by atoms with Gasteiger partial charge < -0.3 is 20.4 Å². The van der Waals surface area contributed by atoms with Gasteiger partial charge in [-0.3, -0.25) is 19.2 Å². The number of carbonyl (C=O) groups is 4. The van der Waals surface area contributed by atoms with Gasteiger partial charge in [0, 0.05) is 0 Å². The highest BCUT2D eigenvalue weighted by atomic mass is 16.4. The van der Waals surface area contributed by atoms with E-state index < -0.39 is 53.0 Å². The number of rotatable bonds is 10. The van der Waals surface area contributed by atoms with Crippen LogP contribution in [0.25, 0.3) is 0 Å². The Hall–Kier alpha value is -2.12. The second-order valence-electron chi connectivity index (χ2n) is 5.53. The van der Waals surface area contributed by atoms with Crippen molar-refractivity contribution in [1.29, 1.82) is 0 Å². The quantitative estimate of drug-likeness (QED) is 0.443. The van der Waals surface area contributed by atoms with Gasteiger partial charge in [0.05, 0.1) is 5.41 Å². The van der Waals surface area contributed by atoms with Crippen molar-refractivity contribution >= 4 is 23.9 Å². The Morgan fingerprint density at radius 1 is 0.609 bits per heavy atom. The first-order valence-corrected chi connectivity index (χ1v) is 7.45. The second kappa shape index (κ2) is 6.97. The van der Waals surface area contributed by atoms with Crippen molar-refractivity contribution in [3.05, 3.63) is 0 Å². The first kappa shape index (κ1) is 20.9. The van der Waals surface area contributed by atoms with Gasteiger partial charge in [-0.1, -0.05) is 27.7 Å². The molecule has 0 saturated heterocycles. The molecule has 0 amide bonds. The van der Waals surface area contributed by atoms with Crippen molar-refractivity contribution in [2.24, 2.45) is 16.2 Å². The molecule has 0 radical (unpaired) electrons. The first-order chi connectivity index (χ1) is 10.5. The lowest BCUT2D eigenvalue weighted by Crippen LogP contribution is -2.66. The van der Waals surface area contributed by atoms with Crippen molar-refractivity contribution in [2.45, 2.75) is 53.4 Å². The van der Waals surface area contributed by atoms with Crippen molar-refractivity contribution in [3.8, 4) is 0 Å². The van der Waals surface area contributed by atoms with Crippen molar-refractivity contribution in [1.82, 2.24) is 0 Å². The zero-order chi connectivity index (χ0) is 18.6. The van der Waals surface area contributed by atoms with Crippen molar-refractivity contribution in [3.63, 3.8) is 0 Å². The Kier molecular flexibility index (Phi) is 6.33. The van der Waals surface area contributed by atoms with Crippen molar-refractivity contribution < 1.29 is 39.6 Å². The lowest BCUT2D eigenvalue weighted by Gasteiger charge is -2.51. The zero-order valence-electron chi connectivity index (χ0n) is 13.8. The molecular formula is C15H24O8. The highest BCUT2D eigenvalue weighted by Gasteiger charge is 2.74. The lowest BCUT2D eigenvalue weighted by atomic mass is 9.46. The molecule has 0 aromatic rings. The van der Waals surface area contributed by atoms with E-state index in [1.807, 2.05) is 0 Å². The fraction of sp³-hybridized carbons (Fsp3) is 0.733. The fourth-order valence-electron chi connectivity index (χ4n) is 3.99. The van der Waals surface area contributed by atoms with Crippen LogP contribution in [0, 0.1) is 16.2 Å². The van der Waals surface area contributed by atoms with Gasteiger partial charge in [-0.05, 0) is 25.7 Å². The molecule has 23 heavy (non-hydrogen) atoms. The van der Waals surface area contributed by atoms with Crippen LogP contribution in [0.1, 0.15) is 53.4 Å². The third kappa shape index (κ3) is 2.36. The summed E-state index contributed by atoms with van der Waals surface area (Å²) >= 11 is 0. The third-order valence-corrected chi connectivity index (χ3v) is 5.32. The fourth-order valence-corrected chi connectivity index (χ4v) is 3.99. The second-order valence-corrected chi connectivity index (χ2v) is 5.53. The molecule has 0 aliphatic carbocycles. The van der Waals surface area contributed by atoms with Gasteiger partial charge in [-0.15, -0.1) is 0 Å². The van der Waals surface area contributed by atoms with Crippen LogP contribution in [-0.2, 0) is 19.2 Å². The maximum Gasteiger partial charge on any atom is 0.322 e. The highest BCUT2D eigenvalue weighted by Crippen LogP contribution is 2.60. The Morgan fingerprint density at radius 2 is 1.00 bits per heavy atom. The number of carboxylic acids is 4. The molecule has 0 bridgehead atoms. The van der Waals surface area contributed by atoms with Crippen LogP contribution in [0.2, 0.25) is 0 Å². The molecule has 0 aromatic heterocycles. The van der Waals surface area contributed by atoms with Gasteiger partial charge in [0.1, 0.15) is 5.41 Å². The van der Waals surface area contributed by atoms with Crippen LogP contribution in [0.15, 0.2) is 0 Å². The summed E-state index contributed by atoms with van der Waals surface area (Å²) in [6.07, 6.45) is -1.40. The number of hydrogen-bond donors (Lipinski definition) is 4. The van der Waals surface area contributed by atoms with Crippen LogP contribution in [0.3, 0.4) is 0 Å². The van der Waals surface area contributed by atoms with E-state index in [-0.39, 0.29) is 12.8 Å². The molecule has 1 unspecified atom stereocenters. The predicted molar refractivity (Wildman–Crippen MR) is 79.0 cm³/mol. The highest BCUT2D eigenvalue weighted by molar-refractivity contribution is 6.06. The molecule has 8 heteroatoms. The predicted octanol–water partition coefficient (Wildman–Crippen LogP) is 1.92. The Morgan fingerprint density at radius 3 is 1.13 bits per heavy atom. The summed E-state index contributed by atoms with van der Waals surface area (Å²) in [5.74, 6) is -6.92. The summed E-state index contributed by atoms with van der Waals surface area (Å²) in [6, 6.07) is 0. The molecule has 0 aromatic carbocycles. The van der Waals surface area contributed by atoms with Gasteiger partial charge in [-0.25, -0.2) is 0 Å². The topological polar surface area (TPSA) is 149 Å². The summed E-state index contributed by atoms with van der Waals surface area (Å²) in [4.78, 5) is 47.8. The maximum absolute atomic E-state index is 12.1. The number of carboxylic acid groups (broad SMARTS) is 4. The molecule has 4 N–H and O–H groups in total. The monoisotopic (exact) mass is 332 g/mol. The van der Waals surface area contributed by atoms with E-state index >= 15 is 0 Å². The Balaban J connectivity index is 7.26. The molecule has 0 aliphatic heterocycles. The van der Waals surface area contributed by atoms with E-state index in [0.29, 0.717) is 0 Å². The number of aliphatic carboxylic acids is 4. The van der Waals surface area contributed by atoms with Crippen LogP contribution < -0.4 is 0 Å². The van der Waals surface area contributed by atoms with E-state index in [1.54, 1.807) is 0 Å². The van der Waals surface area contributed by atoms with E-state index in [0.717, 1.165) is 0 Å². The molecule has 8 nitrogen and oxygen atoms in total. The molecular weight excluding hydrogens is 308 g/mol. The van der Waals surface area contributed by atoms with Gasteiger partial charge in [0.2, 0.25) is 0 Å². The Labute approximate surface area is 134 Å². The van der Waals surface area contributed by atoms with Crippen LogP contribution >= 0.6 is 0 Å². The molecule has 0 heterocycles. The zero-order valence-corrected chi connectivity index (χ0v) is 13.8. The third-order valence-electron chi connectivity index (χ3n) is 5.32.